The largest absolute Gasteiger partial charge is 0.381 e. The molecule has 4 aliphatic rings. The molecule has 0 aromatic carbocycles. The normalized spacial score (nSPS) is 46.1. The third-order valence-corrected chi connectivity index (χ3v) is 9.16. The van der Waals surface area contributed by atoms with Crippen LogP contribution in [0.5, 0.6) is 0 Å². The summed E-state index contributed by atoms with van der Waals surface area (Å²) >= 11 is 0. The number of hydrogen-bond donors (Lipinski definition) is 0. The van der Waals surface area contributed by atoms with Crippen molar-refractivity contribution in [2.45, 2.75) is 96.9 Å². The average Bonchev–Trinajstić information content (AvgIpc) is 2.55. The molecule has 2 heterocycles. The molecule has 29 heavy (non-hydrogen) atoms. The van der Waals surface area contributed by atoms with Gasteiger partial charge in [-0.1, -0.05) is 27.7 Å². The van der Waals surface area contributed by atoms with E-state index in [9.17, 15) is 0 Å². The molecule has 0 N–H and O–H groups in total. The van der Waals surface area contributed by atoms with Crippen LogP contribution in [0.4, 0.5) is 0 Å². The quantitative estimate of drug-likeness (QED) is 0.652. The Balaban J connectivity index is 1.38. The highest BCUT2D eigenvalue weighted by Crippen LogP contribution is 2.47. The van der Waals surface area contributed by atoms with E-state index >= 15 is 0 Å². The van der Waals surface area contributed by atoms with Gasteiger partial charge in [0, 0.05) is 45.9 Å². The summed E-state index contributed by atoms with van der Waals surface area (Å²) in [5, 5.41) is 0. The van der Waals surface area contributed by atoms with Gasteiger partial charge in [-0.25, -0.2) is 0 Å². The van der Waals surface area contributed by atoms with Crippen LogP contribution >= 0.6 is 0 Å². The summed E-state index contributed by atoms with van der Waals surface area (Å²) in [6.45, 7) is 15.3. The first-order valence-corrected chi connectivity index (χ1v) is 12.2. The number of rotatable bonds is 6. The first-order valence-electron chi connectivity index (χ1n) is 12.2. The fourth-order valence-electron chi connectivity index (χ4n) is 6.97. The number of nitrogens with zero attached hydrogens (tertiary/aromatic N) is 2. The third kappa shape index (κ3) is 4.71. The van der Waals surface area contributed by atoms with E-state index in [1.54, 1.807) is 0 Å². The highest BCUT2D eigenvalue weighted by atomic mass is 16.5. The molecular weight excluding hydrogens is 360 g/mol. The van der Waals surface area contributed by atoms with Crippen molar-refractivity contribution in [3.05, 3.63) is 0 Å². The van der Waals surface area contributed by atoms with Gasteiger partial charge >= 0.3 is 0 Å². The van der Waals surface area contributed by atoms with Crippen molar-refractivity contribution in [2.24, 2.45) is 22.7 Å². The summed E-state index contributed by atoms with van der Waals surface area (Å²) in [6.07, 6.45) is 10.1. The van der Waals surface area contributed by atoms with E-state index in [4.69, 9.17) is 9.47 Å². The van der Waals surface area contributed by atoms with E-state index in [0.717, 1.165) is 23.9 Å². The van der Waals surface area contributed by atoms with E-state index < -0.39 is 0 Å². The van der Waals surface area contributed by atoms with Gasteiger partial charge in [-0.3, -0.25) is 9.80 Å². The van der Waals surface area contributed by atoms with Gasteiger partial charge in [-0.05, 0) is 74.2 Å². The van der Waals surface area contributed by atoms with E-state index in [-0.39, 0.29) is 0 Å². The van der Waals surface area contributed by atoms with Gasteiger partial charge in [-0.2, -0.15) is 0 Å². The molecule has 4 rings (SSSR count). The Morgan fingerprint density at radius 2 is 1.45 bits per heavy atom. The summed E-state index contributed by atoms with van der Waals surface area (Å²) < 4.78 is 11.1. The number of ether oxygens (including phenoxy) is 2. The lowest BCUT2D eigenvalue weighted by atomic mass is 9.64. The minimum absolute atomic E-state index is 0.439. The molecule has 2 aliphatic carbocycles. The van der Waals surface area contributed by atoms with Crippen LogP contribution in [-0.4, -0.2) is 74.5 Å². The zero-order chi connectivity index (χ0) is 20.8. The van der Waals surface area contributed by atoms with Crippen LogP contribution in [0.3, 0.4) is 0 Å². The Labute approximate surface area is 179 Å². The Bertz CT molecular complexity index is 555. The molecule has 3 atom stereocenters. The van der Waals surface area contributed by atoms with Crippen LogP contribution in [-0.2, 0) is 9.47 Å². The molecule has 2 aliphatic heterocycles. The molecule has 0 aromatic heterocycles. The van der Waals surface area contributed by atoms with Gasteiger partial charge in [0.1, 0.15) is 0 Å². The standard InChI is InChI=1S/C25H46N2O2/c1-18-7-8-26(20-9-22(10-20)28-5)17-25(18,4)14-19-13-24(2,3)16-27(15-19)21-11-23(12-21)29-6/h18-23H,7-17H2,1-6H3/t18-,19?,20-,21-,22-,23-,25?/m1/s1. The molecule has 0 aromatic rings. The van der Waals surface area contributed by atoms with E-state index in [0.29, 0.717) is 23.0 Å². The van der Waals surface area contributed by atoms with Crippen LogP contribution in [0, 0.1) is 22.7 Å². The van der Waals surface area contributed by atoms with E-state index in [1.165, 1.54) is 71.1 Å². The van der Waals surface area contributed by atoms with E-state index in [2.05, 4.69) is 37.5 Å². The second-order valence-corrected chi connectivity index (χ2v) is 12.1. The predicted octanol–water partition coefficient (Wildman–Crippen LogP) is 4.43. The van der Waals surface area contributed by atoms with Gasteiger partial charge in [0.15, 0.2) is 0 Å². The number of hydrogen-bond acceptors (Lipinski definition) is 4. The Kier molecular flexibility index (Phi) is 6.39. The second-order valence-electron chi connectivity index (χ2n) is 12.1. The molecule has 2 saturated heterocycles. The van der Waals surface area contributed by atoms with Crippen molar-refractivity contribution in [2.75, 3.05) is 40.4 Å². The highest BCUT2D eigenvalue weighted by Gasteiger charge is 2.46. The third-order valence-electron chi connectivity index (χ3n) is 9.16. The topological polar surface area (TPSA) is 24.9 Å². The molecule has 0 amide bonds. The summed E-state index contributed by atoms with van der Waals surface area (Å²) in [4.78, 5) is 5.64. The smallest absolute Gasteiger partial charge is 0.0601 e. The number of methoxy groups -OCH3 is 2. The SMILES string of the molecule is CO[C@H]1C[C@H](N2CC(CC3(C)CN([C@H]4C[C@H](OC)C4)CC[C@H]3C)CC(C)(C)C2)C1. The molecule has 0 spiro atoms. The molecule has 4 nitrogen and oxygen atoms in total. The molecule has 168 valence electrons. The molecule has 0 bridgehead atoms. The zero-order valence-electron chi connectivity index (χ0n) is 20.0. The summed E-state index contributed by atoms with van der Waals surface area (Å²) in [5.41, 5.74) is 0.892. The van der Waals surface area contributed by atoms with Gasteiger partial charge in [0.25, 0.3) is 0 Å². The van der Waals surface area contributed by atoms with Crippen LogP contribution in [0.2, 0.25) is 0 Å². The lowest BCUT2D eigenvalue weighted by Gasteiger charge is -2.55. The van der Waals surface area contributed by atoms with Gasteiger partial charge in [0.05, 0.1) is 12.2 Å². The summed E-state index contributed by atoms with van der Waals surface area (Å²) in [5.74, 6) is 1.66. The van der Waals surface area contributed by atoms with Crippen LogP contribution in [0.15, 0.2) is 0 Å². The lowest BCUT2D eigenvalue weighted by Crippen LogP contribution is -2.58. The average molecular weight is 407 g/mol. The van der Waals surface area contributed by atoms with E-state index in [1.807, 2.05) is 14.2 Å². The number of piperidine rings is 2. The molecule has 2 saturated carbocycles. The van der Waals surface area contributed by atoms with Crippen LogP contribution in [0.1, 0.15) is 72.6 Å². The minimum atomic E-state index is 0.439. The molecule has 4 fully saturated rings. The van der Waals surface area contributed by atoms with Gasteiger partial charge in [0.2, 0.25) is 0 Å². The monoisotopic (exact) mass is 406 g/mol. The fourth-order valence-corrected chi connectivity index (χ4v) is 6.97. The first kappa shape index (κ1) is 22.0. The Morgan fingerprint density at radius 3 is 2.03 bits per heavy atom. The van der Waals surface area contributed by atoms with Crippen LogP contribution < -0.4 is 0 Å². The maximum atomic E-state index is 5.56. The predicted molar refractivity (Wildman–Crippen MR) is 119 cm³/mol. The minimum Gasteiger partial charge on any atom is -0.381 e. The second kappa shape index (κ2) is 8.41. The summed E-state index contributed by atoms with van der Waals surface area (Å²) in [6, 6.07) is 1.53. The maximum absolute atomic E-state index is 5.56. The van der Waals surface area contributed by atoms with Crippen molar-refractivity contribution in [1.29, 1.82) is 0 Å². The maximum Gasteiger partial charge on any atom is 0.0601 e. The van der Waals surface area contributed by atoms with Crippen molar-refractivity contribution < 1.29 is 9.47 Å². The van der Waals surface area contributed by atoms with Crippen molar-refractivity contribution >= 4 is 0 Å². The first-order chi connectivity index (χ1) is 13.7. The molecular formula is C25H46N2O2. The summed E-state index contributed by atoms with van der Waals surface area (Å²) in [7, 11) is 3.74. The number of likely N-dealkylation sites (tertiary alicyclic amines) is 2. The van der Waals surface area contributed by atoms with Crippen molar-refractivity contribution in [3.63, 3.8) is 0 Å². The van der Waals surface area contributed by atoms with Crippen molar-refractivity contribution in [3.8, 4) is 0 Å². The molecule has 2 unspecified atom stereocenters. The van der Waals surface area contributed by atoms with Crippen LogP contribution in [0.25, 0.3) is 0 Å². The van der Waals surface area contributed by atoms with Crippen molar-refractivity contribution in [1.82, 2.24) is 9.80 Å². The Hall–Kier alpha value is -0.160. The zero-order valence-corrected chi connectivity index (χ0v) is 20.0. The highest BCUT2D eigenvalue weighted by molar-refractivity contribution is 4.99. The lowest BCUT2D eigenvalue weighted by molar-refractivity contribution is -0.0830. The molecule has 0 radical (unpaired) electrons. The Morgan fingerprint density at radius 1 is 0.862 bits per heavy atom. The molecule has 4 heteroatoms. The van der Waals surface area contributed by atoms with Gasteiger partial charge in [-0.15, -0.1) is 0 Å². The van der Waals surface area contributed by atoms with Gasteiger partial charge < -0.3 is 9.47 Å². The fraction of sp³-hybridized carbons (Fsp3) is 1.00.